The monoisotopic (exact) mass is 393 g/mol. The topological polar surface area (TPSA) is 120 Å². The molecule has 3 rings (SSSR count). The Balaban J connectivity index is 1.60. The fourth-order valence-electron chi connectivity index (χ4n) is 2.21. The predicted octanol–water partition coefficient (Wildman–Crippen LogP) is 1.72. The van der Waals surface area contributed by atoms with Crippen molar-refractivity contribution in [1.29, 1.82) is 0 Å². The lowest BCUT2D eigenvalue weighted by atomic mass is 10.4. The highest BCUT2D eigenvalue weighted by atomic mass is 32.2. The first-order valence-corrected chi connectivity index (χ1v) is 9.52. The average molecular weight is 393 g/mol. The molecule has 0 atom stereocenters. The van der Waals surface area contributed by atoms with Gasteiger partial charge in [-0.1, -0.05) is 5.10 Å². The molecule has 0 unspecified atom stereocenters. The van der Waals surface area contributed by atoms with Gasteiger partial charge in [-0.15, -0.1) is 5.10 Å². The third-order valence-corrected chi connectivity index (χ3v) is 5.51. The highest BCUT2D eigenvalue weighted by molar-refractivity contribution is 7.91. The van der Waals surface area contributed by atoms with E-state index in [9.17, 15) is 17.6 Å². The molecule has 0 radical (unpaired) electrons. The van der Waals surface area contributed by atoms with Gasteiger partial charge in [0.1, 0.15) is 11.5 Å². The Bertz CT molecular complexity index is 1050. The molecule has 0 saturated carbocycles. The number of carbonyl (C=O) groups excluding carboxylic acids is 1. The van der Waals surface area contributed by atoms with Crippen molar-refractivity contribution in [3.63, 3.8) is 0 Å². The molecular weight excluding hydrogens is 377 g/mol. The zero-order valence-electron chi connectivity index (χ0n) is 14.5. The van der Waals surface area contributed by atoms with Crippen molar-refractivity contribution in [2.45, 2.75) is 18.2 Å². The molecule has 11 heteroatoms. The number of sulfone groups is 1. The summed E-state index contributed by atoms with van der Waals surface area (Å²) in [6, 6.07) is 5.99. The Morgan fingerprint density at radius 1 is 1.26 bits per heavy atom. The maximum Gasteiger partial charge on any atom is 0.322 e. The molecule has 0 spiro atoms. The summed E-state index contributed by atoms with van der Waals surface area (Å²) in [6.07, 6.45) is -0.319. The molecule has 2 heterocycles. The molecule has 9 nitrogen and oxygen atoms in total. The SMILES string of the molecule is Cc1cc(-c2nnc(NC(=O)CCS(=O)(=O)c3ccc(F)cc3)o2)nn1C. The molecule has 0 bridgehead atoms. The van der Waals surface area contributed by atoms with E-state index in [0.717, 1.165) is 30.0 Å². The average Bonchev–Trinajstić information content (AvgIpc) is 3.20. The van der Waals surface area contributed by atoms with Crippen molar-refractivity contribution in [3.8, 4) is 11.6 Å². The van der Waals surface area contributed by atoms with Crippen molar-refractivity contribution in [2.24, 2.45) is 7.05 Å². The minimum Gasteiger partial charge on any atom is -0.401 e. The fourth-order valence-corrected chi connectivity index (χ4v) is 3.45. The quantitative estimate of drug-likeness (QED) is 0.633. The summed E-state index contributed by atoms with van der Waals surface area (Å²) in [7, 11) is -1.95. The maximum atomic E-state index is 12.9. The first kappa shape index (κ1) is 18.7. The lowest BCUT2D eigenvalue weighted by molar-refractivity contribution is -0.115. The summed E-state index contributed by atoms with van der Waals surface area (Å²) in [4.78, 5) is 11.9. The van der Waals surface area contributed by atoms with Crippen LogP contribution < -0.4 is 5.32 Å². The maximum absolute atomic E-state index is 12.9. The third-order valence-electron chi connectivity index (χ3n) is 3.77. The molecule has 1 amide bonds. The summed E-state index contributed by atoms with van der Waals surface area (Å²) >= 11 is 0. The lowest BCUT2D eigenvalue weighted by Gasteiger charge is -2.04. The van der Waals surface area contributed by atoms with Crippen LogP contribution in [0.25, 0.3) is 11.6 Å². The highest BCUT2D eigenvalue weighted by Gasteiger charge is 2.18. The molecular formula is C16H16FN5O4S. The van der Waals surface area contributed by atoms with E-state index >= 15 is 0 Å². The minimum atomic E-state index is -3.71. The van der Waals surface area contributed by atoms with Crippen molar-refractivity contribution in [2.75, 3.05) is 11.1 Å². The smallest absolute Gasteiger partial charge is 0.322 e. The van der Waals surface area contributed by atoms with Crippen LogP contribution in [0.4, 0.5) is 10.4 Å². The van der Waals surface area contributed by atoms with Gasteiger partial charge in [0.2, 0.25) is 5.91 Å². The van der Waals surface area contributed by atoms with Gasteiger partial charge in [0.05, 0.1) is 10.6 Å². The van der Waals surface area contributed by atoms with Gasteiger partial charge >= 0.3 is 6.01 Å². The number of aromatic nitrogens is 4. The summed E-state index contributed by atoms with van der Waals surface area (Å²) in [5, 5.41) is 14.0. The first-order valence-electron chi connectivity index (χ1n) is 7.87. The number of hydrogen-bond donors (Lipinski definition) is 1. The largest absolute Gasteiger partial charge is 0.401 e. The highest BCUT2D eigenvalue weighted by Crippen LogP contribution is 2.19. The number of anilines is 1. The Labute approximate surface area is 154 Å². The molecule has 1 N–H and O–H groups in total. The number of halogens is 1. The second kappa shape index (κ2) is 7.27. The van der Waals surface area contributed by atoms with Gasteiger partial charge in [0.25, 0.3) is 5.89 Å². The van der Waals surface area contributed by atoms with Crippen LogP contribution in [0.15, 0.2) is 39.6 Å². The van der Waals surface area contributed by atoms with Gasteiger partial charge < -0.3 is 4.42 Å². The number of carbonyl (C=O) groups is 1. The van der Waals surface area contributed by atoms with E-state index in [0.29, 0.717) is 5.69 Å². The van der Waals surface area contributed by atoms with Gasteiger partial charge in [0.15, 0.2) is 9.84 Å². The molecule has 0 aliphatic carbocycles. The number of nitrogens with zero attached hydrogens (tertiary/aromatic N) is 4. The third kappa shape index (κ3) is 4.37. The van der Waals surface area contributed by atoms with Gasteiger partial charge in [-0.3, -0.25) is 14.8 Å². The van der Waals surface area contributed by atoms with Crippen molar-refractivity contribution in [1.82, 2.24) is 20.0 Å². The van der Waals surface area contributed by atoms with Gasteiger partial charge in [-0.05, 0) is 37.3 Å². The van der Waals surface area contributed by atoms with E-state index in [2.05, 4.69) is 20.6 Å². The Kier molecular flexibility index (Phi) is 5.04. The zero-order chi connectivity index (χ0) is 19.6. The number of hydrogen-bond acceptors (Lipinski definition) is 7. The molecule has 1 aromatic carbocycles. The Morgan fingerprint density at radius 3 is 2.59 bits per heavy atom. The van der Waals surface area contributed by atoms with E-state index in [1.54, 1.807) is 17.8 Å². The Morgan fingerprint density at radius 2 is 1.96 bits per heavy atom. The predicted molar refractivity (Wildman–Crippen MR) is 92.9 cm³/mol. The molecule has 0 fully saturated rings. The van der Waals surface area contributed by atoms with Crippen molar-refractivity contribution < 1.29 is 22.0 Å². The van der Waals surface area contributed by atoms with Crippen LogP contribution in [0.2, 0.25) is 0 Å². The minimum absolute atomic E-state index is 0.0534. The van der Waals surface area contributed by atoms with E-state index < -0.39 is 27.3 Å². The number of rotatable bonds is 6. The Hall–Kier alpha value is -3.08. The second-order valence-electron chi connectivity index (χ2n) is 5.78. The summed E-state index contributed by atoms with van der Waals surface area (Å²) in [6.45, 7) is 1.86. The van der Waals surface area contributed by atoms with Crippen LogP contribution >= 0.6 is 0 Å². The van der Waals surface area contributed by atoms with Gasteiger partial charge in [-0.25, -0.2) is 12.8 Å². The van der Waals surface area contributed by atoms with Gasteiger partial charge in [-0.2, -0.15) is 5.10 Å². The second-order valence-corrected chi connectivity index (χ2v) is 7.89. The molecule has 142 valence electrons. The molecule has 0 aliphatic heterocycles. The number of benzene rings is 1. The standard InChI is InChI=1S/C16H16FN5O4S/c1-10-9-13(21-22(10)2)15-19-20-16(26-15)18-14(23)7-8-27(24,25)12-5-3-11(17)4-6-12/h3-6,9H,7-8H2,1-2H3,(H,18,20,23). The number of nitrogens with one attached hydrogen (secondary N) is 1. The molecule has 27 heavy (non-hydrogen) atoms. The number of amides is 1. The molecule has 0 saturated heterocycles. The number of aryl methyl sites for hydroxylation is 2. The first-order chi connectivity index (χ1) is 12.7. The van der Waals surface area contributed by atoms with E-state index in [1.807, 2.05) is 6.92 Å². The van der Waals surface area contributed by atoms with Crippen molar-refractivity contribution in [3.05, 3.63) is 41.8 Å². The van der Waals surface area contributed by atoms with Crippen molar-refractivity contribution >= 4 is 21.8 Å². The lowest BCUT2D eigenvalue weighted by Crippen LogP contribution is -2.17. The summed E-state index contributed by atoms with van der Waals surface area (Å²) in [5.74, 6) is -1.45. The van der Waals surface area contributed by atoms with Crippen LogP contribution in [-0.4, -0.2) is 40.1 Å². The van der Waals surface area contributed by atoms with E-state index in [1.165, 1.54) is 0 Å². The summed E-state index contributed by atoms with van der Waals surface area (Å²) in [5.41, 5.74) is 1.35. The zero-order valence-corrected chi connectivity index (χ0v) is 15.3. The molecule has 2 aromatic heterocycles. The molecule has 3 aromatic rings. The normalized spacial score (nSPS) is 11.5. The van der Waals surface area contributed by atoms with Crippen LogP contribution in [0.3, 0.4) is 0 Å². The van der Waals surface area contributed by atoms with E-state index in [-0.39, 0.29) is 23.2 Å². The van der Waals surface area contributed by atoms with Crippen LogP contribution in [0, 0.1) is 12.7 Å². The fraction of sp³-hybridized carbons (Fsp3) is 0.250. The van der Waals surface area contributed by atoms with E-state index in [4.69, 9.17) is 4.42 Å². The molecule has 0 aliphatic rings. The van der Waals surface area contributed by atoms with Crippen LogP contribution in [0.5, 0.6) is 0 Å². The van der Waals surface area contributed by atoms with Crippen LogP contribution in [-0.2, 0) is 21.7 Å². The summed E-state index contributed by atoms with van der Waals surface area (Å²) < 4.78 is 44.2. The van der Waals surface area contributed by atoms with Gasteiger partial charge in [0, 0.05) is 19.2 Å². The van der Waals surface area contributed by atoms with Crippen LogP contribution in [0.1, 0.15) is 12.1 Å².